The van der Waals surface area contributed by atoms with Crippen molar-refractivity contribution >= 4 is 29.0 Å². The molecule has 2 bridgehead atoms. The summed E-state index contributed by atoms with van der Waals surface area (Å²) in [6, 6.07) is 2.50. The summed E-state index contributed by atoms with van der Waals surface area (Å²) in [7, 11) is 0. The number of aliphatic hydroxyl groups is 1. The molecule has 1 aliphatic carbocycles. The molecule has 9 heteroatoms. The number of aryl methyl sites for hydroxylation is 1. The molecule has 3 fully saturated rings. The Morgan fingerprint density at radius 3 is 2.44 bits per heavy atom. The predicted octanol–water partition coefficient (Wildman–Crippen LogP) is 3.74. The average Bonchev–Trinajstić information content (AvgIpc) is 3.57. The van der Waals surface area contributed by atoms with Gasteiger partial charge in [-0.1, -0.05) is 0 Å². The minimum absolute atomic E-state index is 0.0833. The number of nitrogens with one attached hydrogen (secondary N) is 2. The van der Waals surface area contributed by atoms with Crippen LogP contribution in [0.15, 0.2) is 12.3 Å². The van der Waals surface area contributed by atoms with Gasteiger partial charge in [-0.05, 0) is 77.3 Å². The molecule has 2 aromatic heterocycles. The van der Waals surface area contributed by atoms with Crippen LogP contribution in [0.1, 0.15) is 84.6 Å². The van der Waals surface area contributed by atoms with E-state index in [0.717, 1.165) is 55.5 Å². The number of aliphatic hydroxyl groups excluding tert-OH is 1. The maximum atomic E-state index is 13.7. The van der Waals surface area contributed by atoms with Gasteiger partial charge in [-0.2, -0.15) is 0 Å². The Bertz CT molecular complexity index is 1080. The van der Waals surface area contributed by atoms with Crippen molar-refractivity contribution < 1.29 is 14.7 Å². The zero-order valence-electron chi connectivity index (χ0n) is 20.0. The lowest BCUT2D eigenvalue weighted by molar-refractivity contribution is 0.0725. The molecular formula is C25H33N5O3S. The molecule has 1 saturated carbocycles. The highest BCUT2D eigenvalue weighted by Crippen LogP contribution is 2.41. The second kappa shape index (κ2) is 9.26. The Morgan fingerprint density at radius 2 is 1.85 bits per heavy atom. The largest absolute Gasteiger partial charge is 0.391 e. The van der Waals surface area contributed by atoms with Crippen molar-refractivity contribution in [3.8, 4) is 10.4 Å². The van der Waals surface area contributed by atoms with Gasteiger partial charge in [0.1, 0.15) is 11.5 Å². The maximum absolute atomic E-state index is 13.7. The van der Waals surface area contributed by atoms with E-state index in [1.165, 1.54) is 11.3 Å². The van der Waals surface area contributed by atoms with Gasteiger partial charge in [0, 0.05) is 29.9 Å². The van der Waals surface area contributed by atoms with Gasteiger partial charge in [0.2, 0.25) is 0 Å². The number of anilines is 1. The summed E-state index contributed by atoms with van der Waals surface area (Å²) in [5.74, 6) is 0.365. The number of rotatable bonds is 6. The van der Waals surface area contributed by atoms with Gasteiger partial charge >= 0.3 is 0 Å². The van der Waals surface area contributed by atoms with E-state index in [1.54, 1.807) is 6.20 Å². The van der Waals surface area contributed by atoms with Crippen molar-refractivity contribution in [1.29, 1.82) is 0 Å². The number of hydrogen-bond acceptors (Lipinski definition) is 7. The van der Waals surface area contributed by atoms with Gasteiger partial charge in [-0.3, -0.25) is 9.59 Å². The van der Waals surface area contributed by atoms with E-state index >= 15 is 0 Å². The molecule has 182 valence electrons. The Kier molecular flexibility index (Phi) is 6.33. The molecular weight excluding hydrogens is 450 g/mol. The summed E-state index contributed by atoms with van der Waals surface area (Å²) in [5, 5.41) is 16.6. The fraction of sp³-hybridized carbons (Fsp3) is 0.600. The van der Waals surface area contributed by atoms with Crippen LogP contribution >= 0.6 is 11.3 Å². The number of nitrogens with zero attached hydrogens (tertiary/aromatic N) is 3. The number of carbonyl (C=O) groups excluding carboxylic acids is 2. The van der Waals surface area contributed by atoms with Crippen LogP contribution in [0.5, 0.6) is 0 Å². The first-order chi connectivity index (χ1) is 16.3. The predicted molar refractivity (Wildman–Crippen MR) is 132 cm³/mol. The Labute approximate surface area is 204 Å². The molecule has 3 aliphatic rings. The second-order valence-electron chi connectivity index (χ2n) is 10.1. The number of aromatic nitrogens is 2. The van der Waals surface area contributed by atoms with E-state index in [2.05, 4.69) is 34.4 Å². The van der Waals surface area contributed by atoms with Gasteiger partial charge in [0.25, 0.3) is 11.8 Å². The van der Waals surface area contributed by atoms with E-state index in [9.17, 15) is 14.7 Å². The summed E-state index contributed by atoms with van der Waals surface area (Å²) in [6.07, 6.45) is 7.73. The summed E-state index contributed by atoms with van der Waals surface area (Å²) >= 11 is 1.24. The van der Waals surface area contributed by atoms with Crippen molar-refractivity contribution in [2.75, 3.05) is 5.32 Å². The summed E-state index contributed by atoms with van der Waals surface area (Å²) in [5.41, 5.74) is 2.13. The SMILES string of the molecule is Cc1cc(NC(C)C)ncc1-c1sc(C(=O)N[C@H]2CCC[C@@H]2O)nc1C(=O)N1C2CCC1CC2. The molecule has 0 spiro atoms. The molecule has 8 nitrogen and oxygen atoms in total. The van der Waals surface area contributed by atoms with Crippen LogP contribution in [0.2, 0.25) is 0 Å². The molecule has 3 N–H and O–H groups in total. The standard InChI is InChI=1S/C25H33N5O3S/c1-13(2)27-20-11-14(3)17(12-26-20)22-21(25(33)30-15-7-8-16(30)10-9-15)29-24(34-22)23(32)28-18-5-4-6-19(18)31/h11-13,15-16,18-19,31H,4-10H2,1-3H3,(H,26,27)(H,28,32)/t15?,16?,18-,19-/m0/s1. The summed E-state index contributed by atoms with van der Waals surface area (Å²) in [4.78, 5) is 38.6. The third-order valence-corrected chi connectivity index (χ3v) is 8.39. The smallest absolute Gasteiger partial charge is 0.280 e. The van der Waals surface area contributed by atoms with Crippen LogP contribution in [0.3, 0.4) is 0 Å². The topological polar surface area (TPSA) is 107 Å². The van der Waals surface area contributed by atoms with Crippen LogP contribution in [0.4, 0.5) is 5.82 Å². The number of carbonyl (C=O) groups is 2. The second-order valence-corrected chi connectivity index (χ2v) is 11.1. The zero-order valence-corrected chi connectivity index (χ0v) is 20.8. The van der Waals surface area contributed by atoms with Crippen LogP contribution in [0.25, 0.3) is 10.4 Å². The molecule has 2 saturated heterocycles. The van der Waals surface area contributed by atoms with E-state index in [4.69, 9.17) is 0 Å². The Hall–Kier alpha value is -2.52. The van der Waals surface area contributed by atoms with Crippen molar-refractivity contribution in [1.82, 2.24) is 20.2 Å². The fourth-order valence-electron chi connectivity index (χ4n) is 5.62. The minimum Gasteiger partial charge on any atom is -0.391 e. The molecule has 2 aliphatic heterocycles. The number of hydrogen-bond donors (Lipinski definition) is 3. The quantitative estimate of drug-likeness (QED) is 0.578. The molecule has 0 unspecified atom stereocenters. The number of fused-ring (bicyclic) bond motifs is 2. The van der Waals surface area contributed by atoms with Crippen LogP contribution in [-0.2, 0) is 0 Å². The van der Waals surface area contributed by atoms with Gasteiger partial charge in [-0.15, -0.1) is 11.3 Å². The van der Waals surface area contributed by atoms with Gasteiger partial charge in [-0.25, -0.2) is 9.97 Å². The van der Waals surface area contributed by atoms with Gasteiger partial charge in [0.05, 0.1) is 17.0 Å². The molecule has 0 radical (unpaired) electrons. The third-order valence-electron chi connectivity index (χ3n) is 7.30. The van der Waals surface area contributed by atoms with E-state index in [-0.39, 0.29) is 41.0 Å². The first-order valence-corrected chi connectivity index (χ1v) is 13.2. The zero-order chi connectivity index (χ0) is 24.0. The molecule has 2 aromatic rings. The molecule has 2 amide bonds. The lowest BCUT2D eigenvalue weighted by Crippen LogP contribution is -2.40. The maximum Gasteiger partial charge on any atom is 0.280 e. The molecule has 0 aromatic carbocycles. The van der Waals surface area contributed by atoms with Crippen molar-refractivity contribution in [2.24, 2.45) is 0 Å². The van der Waals surface area contributed by atoms with E-state index < -0.39 is 6.10 Å². The van der Waals surface area contributed by atoms with Crippen LogP contribution in [-0.4, -0.2) is 62.1 Å². The van der Waals surface area contributed by atoms with Gasteiger partial charge in [0.15, 0.2) is 5.01 Å². The van der Waals surface area contributed by atoms with Crippen molar-refractivity contribution in [3.63, 3.8) is 0 Å². The molecule has 5 rings (SSSR count). The van der Waals surface area contributed by atoms with Crippen LogP contribution < -0.4 is 10.6 Å². The fourth-order valence-corrected chi connectivity index (χ4v) is 6.65. The first kappa shape index (κ1) is 23.2. The Balaban J connectivity index is 1.50. The van der Waals surface area contributed by atoms with Crippen LogP contribution in [0, 0.1) is 6.92 Å². The highest BCUT2D eigenvalue weighted by molar-refractivity contribution is 7.17. The van der Waals surface area contributed by atoms with Gasteiger partial charge < -0.3 is 20.6 Å². The Morgan fingerprint density at radius 1 is 1.15 bits per heavy atom. The highest BCUT2D eigenvalue weighted by atomic mass is 32.1. The summed E-state index contributed by atoms with van der Waals surface area (Å²) in [6.45, 7) is 6.10. The van der Waals surface area contributed by atoms with Crippen molar-refractivity contribution in [3.05, 3.63) is 28.5 Å². The molecule has 34 heavy (non-hydrogen) atoms. The lowest BCUT2D eigenvalue weighted by Gasteiger charge is -2.21. The molecule has 2 atom stereocenters. The number of amides is 2. The lowest BCUT2D eigenvalue weighted by atomic mass is 10.0. The summed E-state index contributed by atoms with van der Waals surface area (Å²) < 4.78 is 0. The first-order valence-electron chi connectivity index (χ1n) is 12.4. The number of pyridine rings is 1. The normalized spacial score (nSPS) is 25.9. The van der Waals surface area contributed by atoms with E-state index in [0.29, 0.717) is 17.0 Å². The minimum atomic E-state index is -0.530. The van der Waals surface area contributed by atoms with Crippen molar-refractivity contribution in [2.45, 2.75) is 96.0 Å². The third kappa shape index (κ3) is 4.31. The monoisotopic (exact) mass is 483 g/mol. The molecule has 4 heterocycles. The highest BCUT2D eigenvalue weighted by Gasteiger charge is 2.44. The van der Waals surface area contributed by atoms with E-state index in [1.807, 2.05) is 17.9 Å². The average molecular weight is 484 g/mol. The number of thiazole rings is 1.